The van der Waals surface area contributed by atoms with Gasteiger partial charge in [0.25, 0.3) is 5.91 Å². The van der Waals surface area contributed by atoms with Crippen LogP contribution in [-0.4, -0.2) is 43.0 Å². The van der Waals surface area contributed by atoms with Crippen molar-refractivity contribution in [1.82, 2.24) is 10.2 Å². The molecule has 28 heavy (non-hydrogen) atoms. The van der Waals surface area contributed by atoms with Gasteiger partial charge in [0.1, 0.15) is 11.8 Å². The van der Waals surface area contributed by atoms with E-state index in [1.807, 2.05) is 69.3 Å². The molecule has 0 heterocycles. The number of benzene rings is 2. The molecule has 0 aromatic heterocycles. The highest BCUT2D eigenvalue weighted by Gasteiger charge is 2.27. The van der Waals surface area contributed by atoms with Gasteiger partial charge in [0.2, 0.25) is 5.91 Å². The largest absolute Gasteiger partial charge is 0.483 e. The number of carbonyl (C=O) groups is 2. The van der Waals surface area contributed by atoms with Crippen molar-refractivity contribution in [2.45, 2.75) is 39.7 Å². The molecule has 0 spiro atoms. The first-order chi connectivity index (χ1) is 13.5. The molecule has 1 atom stereocenters. The van der Waals surface area contributed by atoms with Crippen molar-refractivity contribution in [2.75, 3.05) is 20.2 Å². The van der Waals surface area contributed by atoms with Crippen LogP contribution in [0.2, 0.25) is 0 Å². The van der Waals surface area contributed by atoms with E-state index in [0.717, 1.165) is 16.7 Å². The van der Waals surface area contributed by atoms with Crippen molar-refractivity contribution >= 4 is 11.8 Å². The summed E-state index contributed by atoms with van der Waals surface area (Å²) in [5.41, 5.74) is 3.26. The van der Waals surface area contributed by atoms with Gasteiger partial charge in [0.05, 0.1) is 0 Å². The third-order valence-electron chi connectivity index (χ3n) is 4.80. The molecule has 0 saturated heterocycles. The van der Waals surface area contributed by atoms with E-state index in [1.54, 1.807) is 11.9 Å². The minimum Gasteiger partial charge on any atom is -0.483 e. The van der Waals surface area contributed by atoms with Gasteiger partial charge in [0, 0.05) is 13.6 Å². The third kappa shape index (κ3) is 5.84. The Morgan fingerprint density at radius 3 is 2.43 bits per heavy atom. The van der Waals surface area contributed by atoms with E-state index in [9.17, 15) is 9.59 Å². The average Bonchev–Trinajstić information content (AvgIpc) is 2.70. The fourth-order valence-electron chi connectivity index (χ4n) is 3.25. The molecular formula is C23H30N2O3. The van der Waals surface area contributed by atoms with Gasteiger partial charge in [-0.3, -0.25) is 9.59 Å². The Bertz CT molecular complexity index is 790. The van der Waals surface area contributed by atoms with E-state index in [0.29, 0.717) is 25.1 Å². The van der Waals surface area contributed by atoms with Crippen LogP contribution in [0.4, 0.5) is 0 Å². The maximum Gasteiger partial charge on any atom is 0.261 e. The zero-order valence-electron chi connectivity index (χ0n) is 17.2. The molecule has 0 aliphatic rings. The molecule has 0 aliphatic carbocycles. The summed E-state index contributed by atoms with van der Waals surface area (Å²) in [5, 5.41) is 2.67. The first-order valence-corrected chi connectivity index (χ1v) is 9.71. The summed E-state index contributed by atoms with van der Waals surface area (Å²) in [7, 11) is 1.59. The SMILES string of the molecule is CC[C@@H](C(=O)NC)N(CCc1ccccc1)C(=O)COc1ccc(C)cc1C. The minimum absolute atomic E-state index is 0.0911. The lowest BCUT2D eigenvalue weighted by Crippen LogP contribution is -2.50. The van der Waals surface area contributed by atoms with E-state index in [4.69, 9.17) is 4.74 Å². The molecule has 2 aromatic rings. The maximum absolute atomic E-state index is 13.0. The predicted molar refractivity (Wildman–Crippen MR) is 111 cm³/mol. The molecule has 0 bridgehead atoms. The van der Waals surface area contributed by atoms with Gasteiger partial charge in [0.15, 0.2) is 6.61 Å². The normalized spacial score (nSPS) is 11.6. The molecule has 5 nitrogen and oxygen atoms in total. The van der Waals surface area contributed by atoms with Crippen molar-refractivity contribution in [2.24, 2.45) is 0 Å². The minimum atomic E-state index is -0.510. The number of likely N-dealkylation sites (N-methyl/N-ethyl adjacent to an activating group) is 1. The topological polar surface area (TPSA) is 58.6 Å². The van der Waals surface area contributed by atoms with E-state index < -0.39 is 6.04 Å². The first-order valence-electron chi connectivity index (χ1n) is 9.71. The fraction of sp³-hybridized carbons (Fsp3) is 0.391. The van der Waals surface area contributed by atoms with Crippen molar-refractivity contribution in [3.05, 3.63) is 65.2 Å². The molecule has 0 fully saturated rings. The lowest BCUT2D eigenvalue weighted by atomic mass is 10.1. The molecule has 5 heteroatoms. The van der Waals surface area contributed by atoms with Crippen molar-refractivity contribution in [3.8, 4) is 5.75 Å². The number of hydrogen-bond acceptors (Lipinski definition) is 3. The lowest BCUT2D eigenvalue weighted by molar-refractivity contribution is -0.142. The number of hydrogen-bond donors (Lipinski definition) is 1. The summed E-state index contributed by atoms with van der Waals surface area (Å²) < 4.78 is 5.77. The Labute approximate surface area is 167 Å². The van der Waals surface area contributed by atoms with Gasteiger partial charge in [-0.15, -0.1) is 0 Å². The summed E-state index contributed by atoms with van der Waals surface area (Å²) in [6.45, 7) is 6.26. The number of amides is 2. The molecule has 2 amide bonds. The van der Waals surface area contributed by atoms with Crippen LogP contribution in [-0.2, 0) is 16.0 Å². The van der Waals surface area contributed by atoms with Crippen LogP contribution in [0.5, 0.6) is 5.75 Å². The summed E-state index contributed by atoms with van der Waals surface area (Å²) in [5.74, 6) is 0.344. The summed E-state index contributed by atoms with van der Waals surface area (Å²) in [6, 6.07) is 15.3. The molecule has 0 aliphatic heterocycles. The molecule has 150 valence electrons. The lowest BCUT2D eigenvalue weighted by Gasteiger charge is -2.30. The molecule has 2 aromatic carbocycles. The second kappa shape index (κ2) is 10.5. The monoisotopic (exact) mass is 382 g/mol. The van der Waals surface area contributed by atoms with Gasteiger partial charge < -0.3 is 15.0 Å². The van der Waals surface area contributed by atoms with Crippen LogP contribution < -0.4 is 10.1 Å². The summed E-state index contributed by atoms with van der Waals surface area (Å²) in [4.78, 5) is 26.9. The van der Waals surface area contributed by atoms with Crippen molar-refractivity contribution in [3.63, 3.8) is 0 Å². The van der Waals surface area contributed by atoms with Gasteiger partial charge >= 0.3 is 0 Å². The molecule has 0 unspecified atom stereocenters. The third-order valence-corrected chi connectivity index (χ3v) is 4.80. The molecule has 0 saturated carbocycles. The summed E-state index contributed by atoms with van der Waals surface area (Å²) >= 11 is 0. The number of aryl methyl sites for hydroxylation is 2. The number of rotatable bonds is 9. The zero-order chi connectivity index (χ0) is 20.5. The van der Waals surface area contributed by atoms with Gasteiger partial charge in [-0.25, -0.2) is 0 Å². The highest BCUT2D eigenvalue weighted by atomic mass is 16.5. The quantitative estimate of drug-likeness (QED) is 0.724. The second-order valence-corrected chi connectivity index (χ2v) is 6.92. The van der Waals surface area contributed by atoms with Gasteiger partial charge in [-0.1, -0.05) is 55.0 Å². The number of ether oxygens (including phenoxy) is 1. The average molecular weight is 383 g/mol. The van der Waals surface area contributed by atoms with Gasteiger partial charge in [-0.2, -0.15) is 0 Å². The summed E-state index contributed by atoms with van der Waals surface area (Å²) in [6.07, 6.45) is 1.23. The van der Waals surface area contributed by atoms with Crippen LogP contribution in [0.1, 0.15) is 30.0 Å². The Morgan fingerprint density at radius 1 is 1.11 bits per heavy atom. The van der Waals surface area contributed by atoms with Crippen LogP contribution in [0.15, 0.2) is 48.5 Å². The second-order valence-electron chi connectivity index (χ2n) is 6.92. The van der Waals surface area contributed by atoms with Crippen LogP contribution in [0, 0.1) is 13.8 Å². The molecule has 2 rings (SSSR count). The Morgan fingerprint density at radius 2 is 1.82 bits per heavy atom. The predicted octanol–water partition coefficient (Wildman–Crippen LogP) is 3.28. The Kier molecular flexibility index (Phi) is 8.05. The molecular weight excluding hydrogens is 352 g/mol. The van der Waals surface area contributed by atoms with Crippen molar-refractivity contribution < 1.29 is 14.3 Å². The highest BCUT2D eigenvalue weighted by molar-refractivity contribution is 5.88. The Balaban J connectivity index is 2.11. The van der Waals surface area contributed by atoms with E-state index in [2.05, 4.69) is 5.32 Å². The number of nitrogens with one attached hydrogen (secondary N) is 1. The highest BCUT2D eigenvalue weighted by Crippen LogP contribution is 2.19. The Hall–Kier alpha value is -2.82. The fourth-order valence-corrected chi connectivity index (χ4v) is 3.25. The number of carbonyl (C=O) groups excluding carboxylic acids is 2. The number of nitrogens with zero attached hydrogens (tertiary/aromatic N) is 1. The van der Waals surface area contributed by atoms with E-state index in [-0.39, 0.29) is 18.4 Å². The van der Waals surface area contributed by atoms with Crippen LogP contribution >= 0.6 is 0 Å². The van der Waals surface area contributed by atoms with E-state index >= 15 is 0 Å². The van der Waals surface area contributed by atoms with Crippen LogP contribution in [0.25, 0.3) is 0 Å². The zero-order valence-corrected chi connectivity index (χ0v) is 17.2. The first kappa shape index (κ1) is 21.5. The van der Waals surface area contributed by atoms with Crippen LogP contribution in [0.3, 0.4) is 0 Å². The maximum atomic E-state index is 13.0. The smallest absolute Gasteiger partial charge is 0.261 e. The van der Waals surface area contributed by atoms with E-state index in [1.165, 1.54) is 0 Å². The van der Waals surface area contributed by atoms with Crippen molar-refractivity contribution in [1.29, 1.82) is 0 Å². The van der Waals surface area contributed by atoms with Gasteiger partial charge in [-0.05, 0) is 43.9 Å². The molecule has 1 N–H and O–H groups in total. The standard InChI is InChI=1S/C23H30N2O3/c1-5-20(23(27)24-4)25(14-13-19-9-7-6-8-10-19)22(26)16-28-21-12-11-17(2)15-18(21)3/h6-12,15,20H,5,13-14,16H2,1-4H3,(H,24,27)/t20-/m0/s1. The molecule has 0 radical (unpaired) electrons.